The zero-order valence-corrected chi connectivity index (χ0v) is 10.7. The summed E-state index contributed by atoms with van der Waals surface area (Å²) >= 11 is 3.30. The third kappa shape index (κ3) is 2.03. The molecule has 0 saturated carbocycles. The minimum atomic E-state index is -0.513. The zero-order chi connectivity index (χ0) is 12.6. The average Bonchev–Trinajstić information content (AvgIpc) is 2.56. The number of nitrogens with zero attached hydrogens (tertiary/aromatic N) is 2. The standard InChI is InChI=1S/C11H11BrN4O/c1-6-5-9(13)15-16(6)8-4-2-3-7(12)10(8)11(14)17/h2-5H,1H3,(H2,13,15)(H2,14,17). The fraction of sp³-hybridized carbons (Fsp3) is 0.0909. The molecule has 0 aliphatic carbocycles. The predicted molar refractivity (Wildman–Crippen MR) is 68.9 cm³/mol. The maximum absolute atomic E-state index is 11.5. The van der Waals surface area contributed by atoms with E-state index in [-0.39, 0.29) is 0 Å². The Morgan fingerprint density at radius 2 is 2.18 bits per heavy atom. The molecule has 0 unspecified atom stereocenters. The summed E-state index contributed by atoms with van der Waals surface area (Å²) in [6, 6.07) is 7.06. The smallest absolute Gasteiger partial charge is 0.252 e. The molecular weight excluding hydrogens is 284 g/mol. The Morgan fingerprint density at radius 1 is 1.47 bits per heavy atom. The molecule has 88 valence electrons. The fourth-order valence-corrected chi connectivity index (χ4v) is 2.23. The SMILES string of the molecule is Cc1cc(N)nn1-c1cccc(Br)c1C(N)=O. The van der Waals surface area contributed by atoms with Crippen molar-refractivity contribution in [2.75, 3.05) is 5.73 Å². The van der Waals surface area contributed by atoms with Gasteiger partial charge in [0.15, 0.2) is 0 Å². The van der Waals surface area contributed by atoms with Crippen LogP contribution >= 0.6 is 15.9 Å². The van der Waals surface area contributed by atoms with Gasteiger partial charge in [-0.15, -0.1) is 0 Å². The number of rotatable bonds is 2. The number of halogens is 1. The highest BCUT2D eigenvalue weighted by Gasteiger charge is 2.15. The molecule has 0 atom stereocenters. The van der Waals surface area contributed by atoms with Gasteiger partial charge >= 0.3 is 0 Å². The lowest BCUT2D eigenvalue weighted by atomic mass is 10.1. The number of carbonyl (C=O) groups is 1. The quantitative estimate of drug-likeness (QED) is 0.882. The van der Waals surface area contributed by atoms with Crippen LogP contribution in [0.3, 0.4) is 0 Å². The lowest BCUT2D eigenvalue weighted by Crippen LogP contribution is -2.16. The van der Waals surface area contributed by atoms with E-state index < -0.39 is 5.91 Å². The first-order chi connectivity index (χ1) is 8.00. The lowest BCUT2D eigenvalue weighted by molar-refractivity contribution is 0.0999. The average molecular weight is 295 g/mol. The van der Waals surface area contributed by atoms with Gasteiger partial charge in [-0.3, -0.25) is 4.79 Å². The van der Waals surface area contributed by atoms with Crippen molar-refractivity contribution in [3.8, 4) is 5.69 Å². The van der Waals surface area contributed by atoms with Crippen LogP contribution in [0.15, 0.2) is 28.7 Å². The summed E-state index contributed by atoms with van der Waals surface area (Å²) in [6.45, 7) is 1.86. The molecule has 0 aliphatic heterocycles. The molecule has 0 bridgehead atoms. The maximum Gasteiger partial charge on any atom is 0.252 e. The summed E-state index contributed by atoms with van der Waals surface area (Å²) in [5, 5.41) is 4.13. The highest BCUT2D eigenvalue weighted by atomic mass is 79.9. The van der Waals surface area contributed by atoms with Crippen LogP contribution in [0.25, 0.3) is 5.69 Å². The fourth-order valence-electron chi connectivity index (χ4n) is 1.68. The van der Waals surface area contributed by atoms with Crippen LogP contribution in [-0.2, 0) is 0 Å². The number of aromatic nitrogens is 2. The number of aryl methyl sites for hydroxylation is 1. The molecule has 5 nitrogen and oxygen atoms in total. The summed E-state index contributed by atoms with van der Waals surface area (Å²) in [6.07, 6.45) is 0. The van der Waals surface area contributed by atoms with Gasteiger partial charge in [0, 0.05) is 16.2 Å². The third-order valence-corrected chi connectivity index (χ3v) is 3.03. The molecule has 0 aliphatic rings. The first-order valence-electron chi connectivity index (χ1n) is 4.91. The van der Waals surface area contributed by atoms with Crippen LogP contribution in [0, 0.1) is 6.92 Å². The molecule has 0 radical (unpaired) electrons. The van der Waals surface area contributed by atoms with Crippen LogP contribution in [0.2, 0.25) is 0 Å². The third-order valence-electron chi connectivity index (χ3n) is 2.37. The number of primary amides is 1. The number of nitrogen functional groups attached to an aromatic ring is 1. The van der Waals surface area contributed by atoms with Crippen LogP contribution in [0.5, 0.6) is 0 Å². The van der Waals surface area contributed by atoms with Crippen molar-refractivity contribution in [2.24, 2.45) is 5.73 Å². The molecule has 1 heterocycles. The molecule has 1 amide bonds. The normalized spacial score (nSPS) is 10.5. The number of amides is 1. The van der Waals surface area contributed by atoms with E-state index in [1.54, 1.807) is 22.9 Å². The number of anilines is 1. The zero-order valence-electron chi connectivity index (χ0n) is 9.14. The first-order valence-corrected chi connectivity index (χ1v) is 5.71. The predicted octanol–water partition coefficient (Wildman–Crippen LogP) is 1.62. The van der Waals surface area contributed by atoms with Crippen molar-refractivity contribution in [1.29, 1.82) is 0 Å². The van der Waals surface area contributed by atoms with Gasteiger partial charge in [-0.05, 0) is 35.0 Å². The number of carbonyl (C=O) groups excluding carboxylic acids is 1. The molecule has 2 rings (SSSR count). The van der Waals surface area contributed by atoms with Gasteiger partial charge in [-0.2, -0.15) is 5.10 Å². The Bertz CT molecular complexity index is 591. The Labute approximate surface area is 107 Å². The maximum atomic E-state index is 11.5. The molecule has 1 aromatic carbocycles. The van der Waals surface area contributed by atoms with E-state index >= 15 is 0 Å². The van der Waals surface area contributed by atoms with Crippen LogP contribution in [0.1, 0.15) is 16.1 Å². The van der Waals surface area contributed by atoms with Crippen molar-refractivity contribution in [1.82, 2.24) is 9.78 Å². The molecule has 6 heteroatoms. The van der Waals surface area contributed by atoms with Gasteiger partial charge in [-0.25, -0.2) is 4.68 Å². The van der Waals surface area contributed by atoms with Gasteiger partial charge in [0.1, 0.15) is 5.82 Å². The summed E-state index contributed by atoms with van der Waals surface area (Å²) in [4.78, 5) is 11.5. The van der Waals surface area contributed by atoms with E-state index in [1.807, 2.05) is 13.0 Å². The highest BCUT2D eigenvalue weighted by molar-refractivity contribution is 9.10. The summed E-state index contributed by atoms with van der Waals surface area (Å²) < 4.78 is 2.23. The number of nitrogens with two attached hydrogens (primary N) is 2. The monoisotopic (exact) mass is 294 g/mol. The molecular formula is C11H11BrN4O. The second-order valence-corrected chi connectivity index (χ2v) is 4.47. The lowest BCUT2D eigenvalue weighted by Gasteiger charge is -2.10. The van der Waals surface area contributed by atoms with E-state index in [0.29, 0.717) is 21.5 Å². The van der Waals surface area contributed by atoms with Gasteiger partial charge in [-0.1, -0.05) is 6.07 Å². The first kappa shape index (κ1) is 11.7. The van der Waals surface area contributed by atoms with Crippen LogP contribution in [-0.4, -0.2) is 15.7 Å². The minimum Gasteiger partial charge on any atom is -0.382 e. The Hall–Kier alpha value is -1.82. The topological polar surface area (TPSA) is 86.9 Å². The number of hydrogen-bond donors (Lipinski definition) is 2. The van der Waals surface area contributed by atoms with E-state index in [4.69, 9.17) is 11.5 Å². The van der Waals surface area contributed by atoms with Crippen molar-refractivity contribution in [2.45, 2.75) is 6.92 Å². The highest BCUT2D eigenvalue weighted by Crippen LogP contribution is 2.24. The molecule has 0 spiro atoms. The molecule has 0 fully saturated rings. The van der Waals surface area contributed by atoms with Gasteiger partial charge < -0.3 is 11.5 Å². The van der Waals surface area contributed by atoms with Crippen molar-refractivity contribution in [3.05, 3.63) is 40.0 Å². The minimum absolute atomic E-state index is 0.388. The second-order valence-electron chi connectivity index (χ2n) is 3.62. The largest absolute Gasteiger partial charge is 0.382 e. The van der Waals surface area contributed by atoms with Crippen molar-refractivity contribution in [3.63, 3.8) is 0 Å². The Kier molecular flexibility index (Phi) is 2.89. The van der Waals surface area contributed by atoms with E-state index in [1.165, 1.54) is 0 Å². The second kappa shape index (κ2) is 4.21. The van der Waals surface area contributed by atoms with Crippen LogP contribution < -0.4 is 11.5 Å². The van der Waals surface area contributed by atoms with Gasteiger partial charge in [0.2, 0.25) is 0 Å². The molecule has 1 aromatic heterocycles. The van der Waals surface area contributed by atoms with E-state index in [0.717, 1.165) is 5.69 Å². The molecule has 4 N–H and O–H groups in total. The summed E-state index contributed by atoms with van der Waals surface area (Å²) in [5.41, 5.74) is 12.8. The van der Waals surface area contributed by atoms with Gasteiger partial charge in [0.25, 0.3) is 5.91 Å². The van der Waals surface area contributed by atoms with Crippen molar-refractivity contribution >= 4 is 27.7 Å². The van der Waals surface area contributed by atoms with E-state index in [9.17, 15) is 4.79 Å². The number of benzene rings is 1. The number of hydrogen-bond acceptors (Lipinski definition) is 3. The Balaban J connectivity index is 2.71. The van der Waals surface area contributed by atoms with E-state index in [2.05, 4.69) is 21.0 Å². The van der Waals surface area contributed by atoms with Crippen molar-refractivity contribution < 1.29 is 4.79 Å². The van der Waals surface area contributed by atoms with Gasteiger partial charge in [0.05, 0.1) is 11.3 Å². The molecule has 0 saturated heterocycles. The van der Waals surface area contributed by atoms with Crippen LogP contribution in [0.4, 0.5) is 5.82 Å². The summed E-state index contributed by atoms with van der Waals surface area (Å²) in [5.74, 6) is -0.112. The molecule has 17 heavy (non-hydrogen) atoms. The molecule has 2 aromatic rings. The Morgan fingerprint density at radius 3 is 2.71 bits per heavy atom. The summed E-state index contributed by atoms with van der Waals surface area (Å²) in [7, 11) is 0.